The molecule has 0 aliphatic carbocycles. The third kappa shape index (κ3) is 11.4. The maximum absolute atomic E-state index is 12.1. The fraction of sp³-hybridized carbons (Fsp3) is 0.692. The molecule has 0 aliphatic rings. The van der Waals surface area contributed by atoms with Crippen LogP contribution >= 0.6 is 0 Å². The summed E-state index contributed by atoms with van der Waals surface area (Å²) in [6, 6.07) is 6.49. The number of hydrogen-bond donors (Lipinski definition) is 0. The SMILES string of the molecule is CCCCCCCCCCCCCOC(=O)c1ccc(C(=O)OC(C)C(C)C)cc1. The van der Waals surface area contributed by atoms with E-state index in [1.165, 1.54) is 57.8 Å². The van der Waals surface area contributed by atoms with E-state index in [4.69, 9.17) is 9.47 Å². The summed E-state index contributed by atoms with van der Waals surface area (Å²) in [5.74, 6) is -0.437. The van der Waals surface area contributed by atoms with Gasteiger partial charge in [-0.15, -0.1) is 0 Å². The second kappa shape index (κ2) is 15.9. The van der Waals surface area contributed by atoms with Crippen LogP contribution in [0.25, 0.3) is 0 Å². The minimum atomic E-state index is -0.364. The zero-order valence-corrected chi connectivity index (χ0v) is 19.6. The maximum atomic E-state index is 12.1. The summed E-state index contributed by atoms with van der Waals surface area (Å²) >= 11 is 0. The summed E-state index contributed by atoms with van der Waals surface area (Å²) in [4.78, 5) is 24.2. The molecule has 1 aromatic carbocycles. The van der Waals surface area contributed by atoms with Crippen molar-refractivity contribution in [3.8, 4) is 0 Å². The molecule has 0 bridgehead atoms. The van der Waals surface area contributed by atoms with Gasteiger partial charge in [0.15, 0.2) is 0 Å². The lowest BCUT2D eigenvalue weighted by atomic mass is 10.1. The Hall–Kier alpha value is -1.84. The third-order valence-corrected chi connectivity index (χ3v) is 5.57. The molecule has 170 valence electrons. The van der Waals surface area contributed by atoms with Crippen LogP contribution in [0.3, 0.4) is 0 Å². The van der Waals surface area contributed by atoms with Crippen LogP contribution in [0.5, 0.6) is 0 Å². The van der Waals surface area contributed by atoms with Crippen molar-refractivity contribution in [1.29, 1.82) is 0 Å². The Kier molecular flexibility index (Phi) is 13.9. The number of rotatable bonds is 16. The zero-order valence-electron chi connectivity index (χ0n) is 19.6. The molecular weight excluding hydrogens is 376 g/mol. The molecule has 4 heteroatoms. The number of benzene rings is 1. The normalized spacial score (nSPS) is 12.0. The Labute approximate surface area is 183 Å². The molecule has 0 heterocycles. The predicted molar refractivity (Wildman–Crippen MR) is 123 cm³/mol. The Morgan fingerprint density at radius 2 is 1.13 bits per heavy atom. The number of esters is 2. The van der Waals surface area contributed by atoms with Gasteiger partial charge in [0.1, 0.15) is 6.10 Å². The number of hydrogen-bond acceptors (Lipinski definition) is 4. The average molecular weight is 419 g/mol. The van der Waals surface area contributed by atoms with E-state index in [9.17, 15) is 9.59 Å². The van der Waals surface area contributed by atoms with Gasteiger partial charge in [-0.2, -0.15) is 0 Å². The Bertz CT molecular complexity index is 592. The first kappa shape index (κ1) is 26.2. The second-order valence-corrected chi connectivity index (χ2v) is 8.60. The molecule has 0 radical (unpaired) electrons. The lowest BCUT2D eigenvalue weighted by Crippen LogP contribution is -2.20. The molecule has 0 N–H and O–H groups in total. The van der Waals surface area contributed by atoms with Crippen molar-refractivity contribution >= 4 is 11.9 Å². The first-order valence-corrected chi connectivity index (χ1v) is 11.9. The van der Waals surface area contributed by atoms with E-state index in [1.54, 1.807) is 24.3 Å². The third-order valence-electron chi connectivity index (χ3n) is 5.57. The molecule has 0 spiro atoms. The van der Waals surface area contributed by atoms with Crippen molar-refractivity contribution in [2.24, 2.45) is 5.92 Å². The van der Waals surface area contributed by atoms with Gasteiger partial charge in [-0.1, -0.05) is 85.0 Å². The minimum Gasteiger partial charge on any atom is -0.462 e. The molecule has 0 aliphatic heterocycles. The molecule has 1 unspecified atom stereocenters. The largest absolute Gasteiger partial charge is 0.462 e. The summed E-state index contributed by atoms with van der Waals surface area (Å²) in [5.41, 5.74) is 0.913. The van der Waals surface area contributed by atoms with Gasteiger partial charge in [0.25, 0.3) is 0 Å². The smallest absolute Gasteiger partial charge is 0.338 e. The fourth-order valence-corrected chi connectivity index (χ4v) is 3.13. The highest BCUT2D eigenvalue weighted by atomic mass is 16.5. The van der Waals surface area contributed by atoms with Gasteiger partial charge in [-0.3, -0.25) is 0 Å². The molecule has 1 aromatic rings. The van der Waals surface area contributed by atoms with Crippen molar-refractivity contribution in [2.75, 3.05) is 6.61 Å². The number of ether oxygens (including phenoxy) is 2. The standard InChI is InChI=1S/C26H42O4/c1-5-6-7-8-9-10-11-12-13-14-15-20-29-25(27)23-16-18-24(19-17-23)26(28)30-22(4)21(2)3/h16-19,21-22H,5-15,20H2,1-4H3. The molecule has 0 aromatic heterocycles. The summed E-state index contributed by atoms with van der Waals surface area (Å²) in [7, 11) is 0. The Balaban J connectivity index is 2.14. The average Bonchev–Trinajstić information content (AvgIpc) is 2.74. The van der Waals surface area contributed by atoms with Crippen molar-refractivity contribution in [3.05, 3.63) is 35.4 Å². The highest BCUT2D eigenvalue weighted by Crippen LogP contribution is 2.13. The Morgan fingerprint density at radius 3 is 1.60 bits per heavy atom. The first-order valence-electron chi connectivity index (χ1n) is 11.9. The van der Waals surface area contributed by atoms with Gasteiger partial charge in [-0.25, -0.2) is 9.59 Å². The van der Waals surface area contributed by atoms with Crippen LogP contribution in [-0.2, 0) is 9.47 Å². The molecule has 0 saturated carbocycles. The van der Waals surface area contributed by atoms with E-state index in [0.717, 1.165) is 12.8 Å². The molecule has 30 heavy (non-hydrogen) atoms. The van der Waals surface area contributed by atoms with Gasteiger partial charge in [-0.05, 0) is 43.5 Å². The monoisotopic (exact) mass is 418 g/mol. The van der Waals surface area contributed by atoms with E-state index in [1.807, 2.05) is 20.8 Å². The molecular formula is C26H42O4. The van der Waals surface area contributed by atoms with E-state index in [-0.39, 0.29) is 24.0 Å². The van der Waals surface area contributed by atoms with Gasteiger partial charge >= 0.3 is 11.9 Å². The van der Waals surface area contributed by atoms with Gasteiger partial charge in [0, 0.05) is 0 Å². The number of carbonyl (C=O) groups is 2. The number of unbranched alkanes of at least 4 members (excludes halogenated alkanes) is 10. The van der Waals surface area contributed by atoms with E-state index >= 15 is 0 Å². The minimum absolute atomic E-state index is 0.145. The van der Waals surface area contributed by atoms with Gasteiger partial charge in [0.2, 0.25) is 0 Å². The molecule has 1 rings (SSSR count). The first-order chi connectivity index (χ1) is 14.5. The van der Waals surface area contributed by atoms with Gasteiger partial charge in [0.05, 0.1) is 17.7 Å². The molecule has 0 fully saturated rings. The van der Waals surface area contributed by atoms with Crippen LogP contribution in [-0.4, -0.2) is 24.6 Å². The topological polar surface area (TPSA) is 52.6 Å². The highest BCUT2D eigenvalue weighted by molar-refractivity contribution is 5.93. The van der Waals surface area contributed by atoms with Crippen LogP contribution in [0.15, 0.2) is 24.3 Å². The van der Waals surface area contributed by atoms with Crippen molar-refractivity contribution in [1.82, 2.24) is 0 Å². The van der Waals surface area contributed by atoms with Crippen molar-refractivity contribution in [3.63, 3.8) is 0 Å². The zero-order chi connectivity index (χ0) is 22.2. The van der Waals surface area contributed by atoms with Crippen LogP contribution in [0, 0.1) is 5.92 Å². The molecule has 4 nitrogen and oxygen atoms in total. The molecule has 0 saturated heterocycles. The Morgan fingerprint density at radius 1 is 0.700 bits per heavy atom. The highest BCUT2D eigenvalue weighted by Gasteiger charge is 2.15. The molecule has 1 atom stereocenters. The summed E-state index contributed by atoms with van der Waals surface area (Å²) < 4.78 is 10.7. The number of carbonyl (C=O) groups excluding carboxylic acids is 2. The van der Waals surface area contributed by atoms with E-state index in [2.05, 4.69) is 6.92 Å². The van der Waals surface area contributed by atoms with Crippen LogP contribution in [0.1, 0.15) is 119 Å². The molecule has 0 amide bonds. The van der Waals surface area contributed by atoms with Crippen molar-refractivity contribution in [2.45, 2.75) is 104 Å². The van der Waals surface area contributed by atoms with Crippen LogP contribution < -0.4 is 0 Å². The summed E-state index contributed by atoms with van der Waals surface area (Å²) in [6.07, 6.45) is 13.8. The second-order valence-electron chi connectivity index (χ2n) is 8.60. The van der Waals surface area contributed by atoms with E-state index < -0.39 is 0 Å². The quantitative estimate of drug-likeness (QED) is 0.208. The van der Waals surface area contributed by atoms with Crippen molar-refractivity contribution < 1.29 is 19.1 Å². The van der Waals surface area contributed by atoms with Crippen LogP contribution in [0.4, 0.5) is 0 Å². The van der Waals surface area contributed by atoms with E-state index in [0.29, 0.717) is 17.7 Å². The fourth-order valence-electron chi connectivity index (χ4n) is 3.13. The lowest BCUT2D eigenvalue weighted by Gasteiger charge is -2.16. The van der Waals surface area contributed by atoms with Crippen LogP contribution in [0.2, 0.25) is 0 Å². The van der Waals surface area contributed by atoms with Gasteiger partial charge < -0.3 is 9.47 Å². The summed E-state index contributed by atoms with van der Waals surface area (Å²) in [6.45, 7) is 8.59. The lowest BCUT2D eigenvalue weighted by molar-refractivity contribution is 0.0237. The predicted octanol–water partition coefficient (Wildman–Crippen LogP) is 7.36. The maximum Gasteiger partial charge on any atom is 0.338 e. The summed E-state index contributed by atoms with van der Waals surface area (Å²) in [5, 5.41) is 0.